The van der Waals surface area contributed by atoms with E-state index in [1.807, 2.05) is 30.3 Å². The number of carbonyl (C=O) groups excluding carboxylic acids is 1. The third-order valence-electron chi connectivity index (χ3n) is 4.96. The summed E-state index contributed by atoms with van der Waals surface area (Å²) >= 11 is 0. The van der Waals surface area contributed by atoms with Crippen molar-refractivity contribution in [1.82, 2.24) is 20.0 Å². The Hall–Kier alpha value is -4.40. The maximum atomic E-state index is 12.9. The van der Waals surface area contributed by atoms with Gasteiger partial charge in [-0.05, 0) is 35.9 Å². The van der Waals surface area contributed by atoms with E-state index in [-0.39, 0.29) is 23.9 Å². The quantitative estimate of drug-likeness (QED) is 0.443. The van der Waals surface area contributed by atoms with Gasteiger partial charge < -0.3 is 23.9 Å². The minimum Gasteiger partial charge on any atom is -0.493 e. The molecule has 0 spiro atoms. The molecule has 2 heterocycles. The smallest absolute Gasteiger partial charge is 0.263 e. The number of ether oxygens (including phenoxy) is 2. The van der Waals surface area contributed by atoms with E-state index in [0.717, 1.165) is 5.56 Å². The highest BCUT2D eigenvalue weighted by Gasteiger charge is 2.17. The van der Waals surface area contributed by atoms with Crippen molar-refractivity contribution in [2.24, 2.45) is 0 Å². The molecule has 2 aromatic heterocycles. The normalized spacial score (nSPS) is 10.6. The Morgan fingerprint density at radius 2 is 1.82 bits per heavy atom. The highest BCUT2D eigenvalue weighted by atomic mass is 16.5. The van der Waals surface area contributed by atoms with E-state index >= 15 is 0 Å². The number of hydrogen-bond donors (Lipinski definition) is 1. The summed E-state index contributed by atoms with van der Waals surface area (Å²) in [6.07, 6.45) is 1.54. The van der Waals surface area contributed by atoms with E-state index in [1.54, 1.807) is 43.6 Å². The largest absolute Gasteiger partial charge is 0.493 e. The number of benzene rings is 2. The summed E-state index contributed by atoms with van der Waals surface area (Å²) in [6, 6.07) is 18.0. The van der Waals surface area contributed by atoms with Crippen LogP contribution in [0, 0.1) is 0 Å². The molecule has 9 heteroatoms. The molecule has 0 fully saturated rings. The number of amides is 1. The summed E-state index contributed by atoms with van der Waals surface area (Å²) < 4.78 is 17.2. The number of rotatable bonds is 8. The van der Waals surface area contributed by atoms with Crippen molar-refractivity contribution >= 4 is 5.91 Å². The van der Waals surface area contributed by atoms with Crippen LogP contribution in [-0.4, -0.2) is 34.8 Å². The Labute approximate surface area is 189 Å². The second-order valence-electron chi connectivity index (χ2n) is 7.11. The summed E-state index contributed by atoms with van der Waals surface area (Å²) in [4.78, 5) is 29.6. The van der Waals surface area contributed by atoms with Gasteiger partial charge in [-0.2, -0.15) is 4.98 Å². The van der Waals surface area contributed by atoms with Crippen LogP contribution in [0.25, 0.3) is 22.8 Å². The molecule has 1 amide bonds. The summed E-state index contributed by atoms with van der Waals surface area (Å²) in [5.41, 5.74) is 1.40. The Morgan fingerprint density at radius 3 is 2.58 bits per heavy atom. The number of nitrogens with zero attached hydrogens (tertiary/aromatic N) is 3. The predicted molar refractivity (Wildman–Crippen MR) is 121 cm³/mol. The second kappa shape index (κ2) is 9.82. The molecule has 1 N–H and O–H groups in total. The molecule has 0 unspecified atom stereocenters. The van der Waals surface area contributed by atoms with Crippen molar-refractivity contribution in [3.63, 3.8) is 0 Å². The van der Waals surface area contributed by atoms with Gasteiger partial charge in [0.2, 0.25) is 11.7 Å². The molecule has 0 saturated carbocycles. The van der Waals surface area contributed by atoms with Crippen LogP contribution >= 0.6 is 0 Å². The number of nitrogens with one attached hydrogen (secondary N) is 1. The lowest BCUT2D eigenvalue weighted by Gasteiger charge is -2.08. The van der Waals surface area contributed by atoms with Gasteiger partial charge in [-0.3, -0.25) is 9.59 Å². The van der Waals surface area contributed by atoms with Crippen molar-refractivity contribution in [3.05, 3.63) is 82.8 Å². The first-order chi connectivity index (χ1) is 16.1. The van der Waals surface area contributed by atoms with Gasteiger partial charge in [-0.25, -0.2) is 0 Å². The molecule has 0 saturated heterocycles. The first-order valence-electron chi connectivity index (χ1n) is 10.2. The zero-order chi connectivity index (χ0) is 23.2. The fraction of sp³-hybridized carbons (Fsp3) is 0.167. The number of methoxy groups -OCH3 is 2. The molecule has 4 rings (SSSR count). The Balaban J connectivity index is 1.52. The maximum Gasteiger partial charge on any atom is 0.263 e. The maximum absolute atomic E-state index is 12.9. The third-order valence-corrected chi connectivity index (χ3v) is 4.96. The molecule has 0 bridgehead atoms. The number of carbonyl (C=O) groups is 1. The summed E-state index contributed by atoms with van der Waals surface area (Å²) in [6.45, 7) is 0.253. The van der Waals surface area contributed by atoms with Crippen LogP contribution < -0.4 is 20.3 Å². The Kier molecular flexibility index (Phi) is 6.49. The lowest BCUT2D eigenvalue weighted by molar-refractivity contribution is -0.121. The van der Waals surface area contributed by atoms with Crippen molar-refractivity contribution in [2.45, 2.75) is 13.1 Å². The topological polar surface area (TPSA) is 108 Å². The van der Waals surface area contributed by atoms with Crippen LogP contribution in [0.5, 0.6) is 11.5 Å². The average Bonchev–Trinajstić information content (AvgIpc) is 3.34. The minimum atomic E-state index is -0.408. The molecule has 33 heavy (non-hydrogen) atoms. The molecule has 168 valence electrons. The van der Waals surface area contributed by atoms with Crippen LogP contribution in [0.3, 0.4) is 0 Å². The van der Waals surface area contributed by atoms with Crippen molar-refractivity contribution in [2.75, 3.05) is 14.2 Å². The van der Waals surface area contributed by atoms with Crippen LogP contribution in [0.15, 0.2) is 76.2 Å². The average molecular weight is 446 g/mol. The third kappa shape index (κ3) is 4.93. The monoisotopic (exact) mass is 446 g/mol. The molecule has 0 aliphatic rings. The van der Waals surface area contributed by atoms with Gasteiger partial charge in [0.05, 0.1) is 14.2 Å². The molecule has 4 aromatic rings. The van der Waals surface area contributed by atoms with Gasteiger partial charge in [0.1, 0.15) is 12.1 Å². The Morgan fingerprint density at radius 1 is 1.03 bits per heavy atom. The summed E-state index contributed by atoms with van der Waals surface area (Å²) in [7, 11) is 3.08. The van der Waals surface area contributed by atoms with Gasteiger partial charge in [-0.15, -0.1) is 0 Å². The lowest BCUT2D eigenvalue weighted by Crippen LogP contribution is -2.32. The van der Waals surface area contributed by atoms with Crippen LogP contribution in [-0.2, 0) is 17.9 Å². The lowest BCUT2D eigenvalue weighted by atomic mass is 10.2. The molecule has 0 atom stereocenters. The molecule has 0 aliphatic heterocycles. The highest BCUT2D eigenvalue weighted by molar-refractivity contribution is 5.75. The first kappa shape index (κ1) is 21.8. The molecule has 0 radical (unpaired) electrons. The van der Waals surface area contributed by atoms with E-state index in [2.05, 4.69) is 15.5 Å². The molecular formula is C24H22N4O5. The molecule has 0 aliphatic carbocycles. The zero-order valence-electron chi connectivity index (χ0n) is 18.1. The predicted octanol–water partition coefficient (Wildman–Crippen LogP) is 2.90. The van der Waals surface area contributed by atoms with E-state index < -0.39 is 5.56 Å². The fourth-order valence-corrected chi connectivity index (χ4v) is 3.26. The highest BCUT2D eigenvalue weighted by Crippen LogP contribution is 2.31. The number of pyridine rings is 1. The standard InChI is InChI=1S/C24H22N4O5/c1-31-19-11-10-17(13-20(19)32-2)22-26-23(33-27-22)18-9-6-12-28(24(18)30)15-21(29)25-14-16-7-4-3-5-8-16/h3-13H,14-15H2,1-2H3,(H,25,29). The van der Waals surface area contributed by atoms with Gasteiger partial charge in [0.15, 0.2) is 11.5 Å². The molecule has 2 aromatic carbocycles. The van der Waals surface area contributed by atoms with Gasteiger partial charge in [0.25, 0.3) is 11.4 Å². The van der Waals surface area contributed by atoms with E-state index in [1.165, 1.54) is 11.7 Å². The van der Waals surface area contributed by atoms with Gasteiger partial charge in [0, 0.05) is 18.3 Å². The molecular weight excluding hydrogens is 424 g/mol. The van der Waals surface area contributed by atoms with Crippen LogP contribution in [0.1, 0.15) is 5.56 Å². The van der Waals surface area contributed by atoms with Crippen LogP contribution in [0.4, 0.5) is 0 Å². The van der Waals surface area contributed by atoms with Crippen molar-refractivity contribution in [1.29, 1.82) is 0 Å². The minimum absolute atomic E-state index is 0.0591. The Bertz CT molecular complexity index is 1310. The van der Waals surface area contributed by atoms with E-state index in [9.17, 15) is 9.59 Å². The van der Waals surface area contributed by atoms with E-state index in [0.29, 0.717) is 29.4 Å². The fourth-order valence-electron chi connectivity index (χ4n) is 3.26. The van der Waals surface area contributed by atoms with E-state index in [4.69, 9.17) is 14.0 Å². The summed E-state index contributed by atoms with van der Waals surface area (Å²) in [5.74, 6) is 1.16. The SMILES string of the molecule is COc1ccc(-c2noc(-c3cccn(CC(=O)NCc4ccccc4)c3=O)n2)cc1OC. The number of hydrogen-bond acceptors (Lipinski definition) is 7. The zero-order valence-corrected chi connectivity index (χ0v) is 18.1. The van der Waals surface area contributed by atoms with Gasteiger partial charge in [-0.1, -0.05) is 35.5 Å². The first-order valence-corrected chi connectivity index (χ1v) is 10.2. The molecule has 9 nitrogen and oxygen atoms in total. The van der Waals surface area contributed by atoms with Crippen molar-refractivity contribution in [3.8, 4) is 34.3 Å². The summed E-state index contributed by atoms with van der Waals surface area (Å²) in [5, 5.41) is 6.79. The van der Waals surface area contributed by atoms with Crippen molar-refractivity contribution < 1.29 is 18.8 Å². The number of aromatic nitrogens is 3. The second-order valence-corrected chi connectivity index (χ2v) is 7.11. The van der Waals surface area contributed by atoms with Gasteiger partial charge >= 0.3 is 0 Å². The van der Waals surface area contributed by atoms with Crippen LogP contribution in [0.2, 0.25) is 0 Å².